The van der Waals surface area contributed by atoms with Crippen LogP contribution >= 0.6 is 23.2 Å². The van der Waals surface area contributed by atoms with Crippen molar-refractivity contribution in [3.8, 4) is 34.1 Å². The maximum atomic E-state index is 11.9. The van der Waals surface area contributed by atoms with Crippen LogP contribution in [-0.2, 0) is 49.1 Å². The Morgan fingerprint density at radius 3 is 1.32 bits per heavy atom. The molecule has 0 aliphatic carbocycles. The van der Waals surface area contributed by atoms with E-state index in [2.05, 4.69) is 43.2 Å². The van der Waals surface area contributed by atoms with Crippen LogP contribution in [0.4, 0.5) is 0 Å². The summed E-state index contributed by atoms with van der Waals surface area (Å²) in [5, 5.41) is 61.0. The molecule has 0 amide bonds. The highest BCUT2D eigenvalue weighted by atomic mass is 35.5. The molecule has 0 aliphatic heterocycles. The Kier molecular flexibility index (Phi) is 16.9. The minimum atomic E-state index is -1.08. The zero-order valence-corrected chi connectivity index (χ0v) is 41.0. The molecule has 2 unspecified atom stereocenters. The third kappa shape index (κ3) is 12.1. The second kappa shape index (κ2) is 23.8. The first-order valence-electron chi connectivity index (χ1n) is 23.2. The molecule has 0 fully saturated rings. The molecule has 16 nitrogen and oxygen atoms in total. The monoisotopic (exact) mass is 1020 g/mol. The predicted molar refractivity (Wildman–Crippen MR) is 274 cm³/mol. The van der Waals surface area contributed by atoms with Gasteiger partial charge in [0.2, 0.25) is 0 Å². The normalized spacial score (nSPS) is 12.2. The number of fused-ring (bicyclic) bond motifs is 2. The third-order valence-corrected chi connectivity index (χ3v) is 13.2. The lowest BCUT2D eigenvalue weighted by atomic mass is 9.92. The Bertz CT molecular complexity index is 2990. The molecule has 0 radical (unpaired) electrons. The van der Waals surface area contributed by atoms with Gasteiger partial charge < -0.3 is 50.0 Å². The number of carboxylic acids is 2. The van der Waals surface area contributed by atoms with Crippen LogP contribution in [0.1, 0.15) is 57.3 Å². The molecule has 2 atom stereocenters. The van der Waals surface area contributed by atoms with Gasteiger partial charge in [0.25, 0.3) is 0 Å². The van der Waals surface area contributed by atoms with E-state index in [0.29, 0.717) is 44.2 Å². The van der Waals surface area contributed by atoms with Crippen LogP contribution in [0.5, 0.6) is 23.0 Å². The summed E-state index contributed by atoms with van der Waals surface area (Å²) in [6, 6.07) is 28.5. The molecule has 6 aromatic carbocycles. The van der Waals surface area contributed by atoms with E-state index >= 15 is 0 Å². The molecule has 8 rings (SSSR count). The number of carboxylic acid groups (broad SMARTS) is 2. The zero-order valence-electron chi connectivity index (χ0n) is 39.5. The number of aliphatic hydroxyl groups excluding tert-OH is 2. The molecule has 2 aromatic heterocycles. The number of hydrogen-bond donors (Lipinski definition) is 8. The highest BCUT2D eigenvalue weighted by molar-refractivity contribution is 6.32. The second-order valence-electron chi connectivity index (χ2n) is 17.2. The van der Waals surface area contributed by atoms with Crippen molar-refractivity contribution >= 4 is 56.9 Å². The molecule has 0 spiro atoms. The lowest BCUT2D eigenvalue weighted by Crippen LogP contribution is -2.37. The van der Waals surface area contributed by atoms with Crippen molar-refractivity contribution in [3.05, 3.63) is 164 Å². The van der Waals surface area contributed by atoms with E-state index < -0.39 is 24.0 Å². The number of ether oxygens (including phenoxy) is 4. The molecule has 374 valence electrons. The van der Waals surface area contributed by atoms with Gasteiger partial charge in [0.1, 0.15) is 61.5 Å². The molecule has 2 heterocycles. The number of hydrogen-bond acceptors (Lipinski definition) is 12. The van der Waals surface area contributed by atoms with Gasteiger partial charge >= 0.3 is 11.9 Å². The summed E-state index contributed by atoms with van der Waals surface area (Å²) < 4.78 is 25.6. The summed E-state index contributed by atoms with van der Waals surface area (Å²) in [4.78, 5) is 23.8. The van der Waals surface area contributed by atoms with Crippen LogP contribution in [0.25, 0.3) is 32.9 Å². The second-order valence-corrected chi connectivity index (χ2v) is 18.0. The van der Waals surface area contributed by atoms with Crippen LogP contribution < -0.4 is 29.6 Å². The average Bonchev–Trinajstić information content (AvgIpc) is 4.07. The van der Waals surface area contributed by atoms with E-state index in [9.17, 15) is 30.0 Å². The predicted octanol–water partition coefficient (Wildman–Crippen LogP) is 9.20. The minimum Gasteiger partial charge on any atom is -0.488 e. The van der Waals surface area contributed by atoms with Crippen molar-refractivity contribution in [3.63, 3.8) is 0 Å². The van der Waals surface area contributed by atoms with E-state index in [0.717, 1.165) is 66.3 Å². The number of nitrogens with one attached hydrogen (secondary N) is 4. The maximum Gasteiger partial charge on any atom is 0.320 e. The third-order valence-electron chi connectivity index (χ3n) is 12.6. The molecule has 0 aliphatic rings. The SMILES string of the molecule is Cc1c(COc2cc(OCc3cccc4[nH]ncc34)c(CNC(CCO)C(=O)O)cc2Cl)cccc1-c1cccc(COc2cc(OCc3cccc4[nH]ncc34)c(CNC(CCO)C(=O)O)cc2Cl)c1C. The van der Waals surface area contributed by atoms with Crippen molar-refractivity contribution < 1.29 is 49.0 Å². The minimum absolute atomic E-state index is 0.0260. The molecule has 0 bridgehead atoms. The topological polar surface area (TPSA) is 233 Å². The Morgan fingerprint density at radius 1 is 0.542 bits per heavy atom. The highest BCUT2D eigenvalue weighted by Gasteiger charge is 2.22. The molecule has 8 aromatic rings. The average molecular weight is 1020 g/mol. The number of H-pyrrole nitrogens is 2. The molecule has 72 heavy (non-hydrogen) atoms. The van der Waals surface area contributed by atoms with E-state index in [1.807, 2.05) is 74.5 Å². The fourth-order valence-electron chi connectivity index (χ4n) is 8.46. The molecular weight excluding hydrogens is 964 g/mol. The summed E-state index contributed by atoms with van der Waals surface area (Å²) in [6.07, 6.45) is 3.52. The molecule has 8 N–H and O–H groups in total. The van der Waals surface area contributed by atoms with Crippen LogP contribution in [0.3, 0.4) is 0 Å². The van der Waals surface area contributed by atoms with Gasteiger partial charge in [0, 0.05) is 71.5 Å². The fourth-order valence-corrected chi connectivity index (χ4v) is 8.95. The van der Waals surface area contributed by atoms with Gasteiger partial charge in [-0.2, -0.15) is 10.2 Å². The molecular formula is C54H54Cl2N6O10. The van der Waals surface area contributed by atoms with E-state index in [-0.39, 0.29) is 65.6 Å². The summed E-state index contributed by atoms with van der Waals surface area (Å²) >= 11 is 13.7. The molecule has 0 saturated carbocycles. The Morgan fingerprint density at radius 2 is 0.917 bits per heavy atom. The Hall–Kier alpha value is -7.18. The number of aromatic nitrogens is 4. The highest BCUT2D eigenvalue weighted by Crippen LogP contribution is 2.38. The lowest BCUT2D eigenvalue weighted by Gasteiger charge is -2.20. The van der Waals surface area contributed by atoms with Crippen molar-refractivity contribution in [2.45, 2.75) is 78.3 Å². The van der Waals surface area contributed by atoms with E-state index in [1.165, 1.54) is 0 Å². The number of aliphatic hydroxyl groups is 2. The number of benzene rings is 6. The largest absolute Gasteiger partial charge is 0.488 e. The summed E-state index contributed by atoms with van der Waals surface area (Å²) in [5.74, 6) is -0.525. The van der Waals surface area contributed by atoms with Gasteiger partial charge in [-0.3, -0.25) is 19.8 Å². The number of nitrogens with zero attached hydrogens (tertiary/aromatic N) is 2. The number of carbonyl (C=O) groups is 2. The lowest BCUT2D eigenvalue weighted by molar-refractivity contribution is -0.140. The van der Waals surface area contributed by atoms with Crippen molar-refractivity contribution in [2.24, 2.45) is 0 Å². The van der Waals surface area contributed by atoms with Crippen LogP contribution in [0.15, 0.2) is 109 Å². The van der Waals surface area contributed by atoms with Crippen LogP contribution in [0, 0.1) is 13.8 Å². The van der Waals surface area contributed by atoms with Gasteiger partial charge in [0.05, 0.1) is 33.5 Å². The molecule has 0 saturated heterocycles. The van der Waals surface area contributed by atoms with Gasteiger partial charge in [-0.15, -0.1) is 0 Å². The summed E-state index contributed by atoms with van der Waals surface area (Å²) in [5.41, 5.74) is 10.6. The molecule has 18 heteroatoms. The van der Waals surface area contributed by atoms with Gasteiger partial charge in [-0.1, -0.05) is 83.9 Å². The number of aromatic amines is 2. The Labute approximate surface area is 424 Å². The number of halogens is 2. The maximum absolute atomic E-state index is 11.9. The first-order chi connectivity index (χ1) is 34.9. The van der Waals surface area contributed by atoms with Crippen molar-refractivity contribution in [1.82, 2.24) is 31.0 Å². The van der Waals surface area contributed by atoms with E-state index in [1.54, 1.807) is 36.7 Å². The standard InChI is InChI=1S/C54H54Cl2N6O10/c1-31-33(27-71-51-21-49(69-29-35-9-5-13-45-41(35)25-59-61-45)37(19-43(51)55)23-57-47(15-17-63)53(65)66)7-3-11-39(31)40-12-4-8-34(32(40)2)28-72-52-22-50(70-30-36-10-6-14-46-42(36)26-60-62-46)38(20-44(52)56)24-58-48(16-18-64)54(67)68/h3-14,19-22,25-26,47-48,57-58,63-64H,15-18,23-24,27-30H2,1-2H3,(H,59,61)(H,60,62)(H,65,66)(H,67,68). The van der Waals surface area contributed by atoms with Crippen LogP contribution in [-0.4, -0.2) is 78.1 Å². The van der Waals surface area contributed by atoms with E-state index in [4.69, 9.17) is 42.1 Å². The first-order valence-corrected chi connectivity index (χ1v) is 24.0. The first kappa shape index (κ1) is 51.2. The van der Waals surface area contributed by atoms with Crippen molar-refractivity contribution in [1.29, 1.82) is 0 Å². The van der Waals surface area contributed by atoms with Gasteiger partial charge in [-0.05, 0) is 84.3 Å². The number of rotatable bonds is 25. The summed E-state index contributed by atoms with van der Waals surface area (Å²) in [6.45, 7) is 4.43. The fraction of sp³-hybridized carbons (Fsp3) is 0.259. The zero-order chi connectivity index (χ0) is 50.7. The smallest absolute Gasteiger partial charge is 0.320 e. The van der Waals surface area contributed by atoms with Crippen molar-refractivity contribution in [2.75, 3.05) is 13.2 Å². The number of aliphatic carboxylic acids is 2. The van der Waals surface area contributed by atoms with Crippen LogP contribution in [0.2, 0.25) is 10.0 Å². The summed E-state index contributed by atoms with van der Waals surface area (Å²) in [7, 11) is 0. The van der Waals surface area contributed by atoms with Gasteiger partial charge in [0.15, 0.2) is 0 Å². The Balaban J connectivity index is 0.999. The quantitative estimate of drug-likeness (QED) is 0.0267. The van der Waals surface area contributed by atoms with Gasteiger partial charge in [-0.25, -0.2) is 0 Å².